The molecule has 1 rings (SSSR count). The summed E-state index contributed by atoms with van der Waals surface area (Å²) in [6.45, 7) is 6.31. The van der Waals surface area contributed by atoms with Gasteiger partial charge in [0.25, 0.3) is 5.69 Å². The Morgan fingerprint density at radius 3 is 2.50 bits per heavy atom. The zero-order valence-electron chi connectivity index (χ0n) is 9.57. The lowest BCUT2D eigenvalue weighted by Gasteiger charge is -2.04. The molecular formula is C11H14N2O2Si. The molecule has 0 saturated carbocycles. The van der Waals surface area contributed by atoms with Crippen LogP contribution in [0, 0.1) is 21.6 Å². The molecule has 0 unspecified atom stereocenters. The molecule has 2 N–H and O–H groups in total. The summed E-state index contributed by atoms with van der Waals surface area (Å²) in [6, 6.07) is 4.32. The summed E-state index contributed by atoms with van der Waals surface area (Å²) in [5.74, 6) is 2.93. The van der Waals surface area contributed by atoms with E-state index < -0.39 is 13.0 Å². The average Bonchev–Trinajstić information content (AvgIpc) is 2.14. The average molecular weight is 234 g/mol. The highest BCUT2D eigenvalue weighted by Gasteiger charge is 2.10. The molecule has 4 nitrogen and oxygen atoms in total. The maximum Gasteiger partial charge on any atom is 0.270 e. The fraction of sp³-hybridized carbons (Fsp3) is 0.273. The van der Waals surface area contributed by atoms with Gasteiger partial charge in [-0.05, 0) is 6.07 Å². The molecule has 0 aliphatic heterocycles. The van der Waals surface area contributed by atoms with Crippen molar-refractivity contribution < 1.29 is 4.92 Å². The number of non-ortho nitro benzene ring substituents is 1. The van der Waals surface area contributed by atoms with E-state index in [0.29, 0.717) is 11.3 Å². The molecule has 0 radical (unpaired) electrons. The lowest BCUT2D eigenvalue weighted by atomic mass is 10.2. The molecule has 0 amide bonds. The topological polar surface area (TPSA) is 69.2 Å². The molecule has 1 aromatic rings. The van der Waals surface area contributed by atoms with Gasteiger partial charge in [0.05, 0.1) is 10.5 Å². The molecule has 1 aromatic carbocycles. The Morgan fingerprint density at radius 1 is 1.38 bits per heavy atom. The zero-order chi connectivity index (χ0) is 12.3. The first-order valence-electron chi connectivity index (χ1n) is 4.87. The van der Waals surface area contributed by atoms with Crippen LogP contribution in [0.15, 0.2) is 18.2 Å². The summed E-state index contributed by atoms with van der Waals surface area (Å²) < 4.78 is 0. The van der Waals surface area contributed by atoms with Gasteiger partial charge in [-0.2, -0.15) is 0 Å². The van der Waals surface area contributed by atoms with Gasteiger partial charge in [-0.15, -0.1) is 5.54 Å². The highest BCUT2D eigenvalue weighted by Crippen LogP contribution is 2.18. The van der Waals surface area contributed by atoms with Gasteiger partial charge in [-0.1, -0.05) is 25.6 Å². The van der Waals surface area contributed by atoms with Gasteiger partial charge in [-0.3, -0.25) is 10.1 Å². The molecule has 0 aromatic heterocycles. The van der Waals surface area contributed by atoms with Crippen LogP contribution in [0.1, 0.15) is 5.56 Å². The summed E-state index contributed by atoms with van der Waals surface area (Å²) in [5, 5.41) is 10.6. The van der Waals surface area contributed by atoms with Gasteiger partial charge in [0.2, 0.25) is 0 Å². The number of benzene rings is 1. The minimum absolute atomic E-state index is 0.0223. The Balaban J connectivity index is 3.17. The van der Waals surface area contributed by atoms with E-state index in [9.17, 15) is 10.1 Å². The van der Waals surface area contributed by atoms with Crippen molar-refractivity contribution in [3.8, 4) is 11.5 Å². The first-order valence-corrected chi connectivity index (χ1v) is 8.37. The molecule has 0 fully saturated rings. The lowest BCUT2D eigenvalue weighted by Crippen LogP contribution is -2.16. The second-order valence-corrected chi connectivity index (χ2v) is 9.28. The normalized spacial score (nSPS) is 10.4. The van der Waals surface area contributed by atoms with Crippen molar-refractivity contribution in [2.45, 2.75) is 19.6 Å². The summed E-state index contributed by atoms with van der Waals surface area (Å²) in [4.78, 5) is 10.1. The van der Waals surface area contributed by atoms with Crippen molar-refractivity contribution in [3.63, 3.8) is 0 Å². The smallest absolute Gasteiger partial charge is 0.270 e. The van der Waals surface area contributed by atoms with Gasteiger partial charge in [0.1, 0.15) is 8.07 Å². The second kappa shape index (κ2) is 4.37. The van der Waals surface area contributed by atoms with Crippen molar-refractivity contribution in [2.75, 3.05) is 5.73 Å². The Morgan fingerprint density at radius 2 is 2.00 bits per heavy atom. The van der Waals surface area contributed by atoms with Gasteiger partial charge in [0.15, 0.2) is 0 Å². The van der Waals surface area contributed by atoms with E-state index >= 15 is 0 Å². The number of nitrogen functional groups attached to an aromatic ring is 1. The highest BCUT2D eigenvalue weighted by molar-refractivity contribution is 6.83. The number of hydrogen-bond donors (Lipinski definition) is 1. The Bertz CT molecular complexity index is 481. The number of anilines is 1. The van der Waals surface area contributed by atoms with E-state index in [1.54, 1.807) is 0 Å². The lowest BCUT2D eigenvalue weighted by molar-refractivity contribution is -0.384. The Hall–Kier alpha value is -1.80. The summed E-state index contributed by atoms with van der Waals surface area (Å²) in [5.41, 5.74) is 9.88. The number of nitro benzene ring substituents is 1. The third-order valence-corrected chi connectivity index (χ3v) is 2.69. The molecule has 0 heterocycles. The quantitative estimate of drug-likeness (QED) is 0.267. The van der Waals surface area contributed by atoms with Crippen LogP contribution in [-0.4, -0.2) is 13.0 Å². The van der Waals surface area contributed by atoms with Crippen LogP contribution in [0.5, 0.6) is 0 Å². The number of nitrogens with zero attached hydrogens (tertiary/aromatic N) is 1. The highest BCUT2D eigenvalue weighted by atomic mass is 28.3. The van der Waals surface area contributed by atoms with Crippen LogP contribution < -0.4 is 5.73 Å². The molecule has 5 heteroatoms. The van der Waals surface area contributed by atoms with E-state index in [0.717, 1.165) is 0 Å². The second-order valence-electron chi connectivity index (χ2n) is 4.53. The monoisotopic (exact) mass is 234 g/mol. The van der Waals surface area contributed by atoms with Crippen LogP contribution in [0.3, 0.4) is 0 Å². The van der Waals surface area contributed by atoms with E-state index in [2.05, 4.69) is 31.1 Å². The molecule has 0 saturated heterocycles. The molecule has 16 heavy (non-hydrogen) atoms. The van der Waals surface area contributed by atoms with Gasteiger partial charge < -0.3 is 5.73 Å². The van der Waals surface area contributed by atoms with Crippen LogP contribution in [-0.2, 0) is 0 Å². The molecule has 0 aliphatic rings. The molecule has 0 atom stereocenters. The van der Waals surface area contributed by atoms with E-state index in [-0.39, 0.29) is 5.69 Å². The fourth-order valence-corrected chi connectivity index (χ4v) is 1.53. The Kier molecular flexibility index (Phi) is 3.35. The molecule has 0 spiro atoms. The van der Waals surface area contributed by atoms with Crippen molar-refractivity contribution in [3.05, 3.63) is 33.9 Å². The fourth-order valence-electron chi connectivity index (χ4n) is 1.02. The number of rotatable bonds is 1. The van der Waals surface area contributed by atoms with E-state index in [1.165, 1.54) is 18.2 Å². The standard InChI is InChI=1S/C11H14N2O2Si/c1-16(2,3)7-6-9-8-10(13(14)15)4-5-11(9)12/h4-5,8H,12H2,1-3H3. The van der Waals surface area contributed by atoms with Gasteiger partial charge in [0, 0.05) is 17.8 Å². The maximum atomic E-state index is 10.6. The molecular weight excluding hydrogens is 220 g/mol. The predicted molar refractivity (Wildman–Crippen MR) is 67.7 cm³/mol. The molecule has 0 bridgehead atoms. The minimum atomic E-state index is -1.49. The molecule has 84 valence electrons. The summed E-state index contributed by atoms with van der Waals surface area (Å²) in [6.07, 6.45) is 0. The first kappa shape index (κ1) is 12.3. The summed E-state index contributed by atoms with van der Waals surface area (Å²) >= 11 is 0. The maximum absolute atomic E-state index is 10.6. The third kappa shape index (κ3) is 3.40. The van der Waals surface area contributed by atoms with Crippen LogP contribution in [0.4, 0.5) is 11.4 Å². The van der Waals surface area contributed by atoms with E-state index in [1.807, 2.05) is 0 Å². The third-order valence-electron chi connectivity index (χ3n) is 1.82. The SMILES string of the molecule is C[Si](C)(C)C#Cc1cc([N+](=O)[O-])ccc1N. The first-order chi connectivity index (χ1) is 7.29. The minimum Gasteiger partial charge on any atom is -0.398 e. The number of nitrogens with two attached hydrogens (primary N) is 1. The van der Waals surface area contributed by atoms with Crippen molar-refractivity contribution in [2.24, 2.45) is 0 Å². The van der Waals surface area contributed by atoms with Gasteiger partial charge >= 0.3 is 0 Å². The van der Waals surface area contributed by atoms with E-state index in [4.69, 9.17) is 5.73 Å². The van der Waals surface area contributed by atoms with Crippen LogP contribution >= 0.6 is 0 Å². The molecule has 0 aliphatic carbocycles. The van der Waals surface area contributed by atoms with Crippen molar-refractivity contribution in [1.82, 2.24) is 0 Å². The van der Waals surface area contributed by atoms with Crippen LogP contribution in [0.25, 0.3) is 0 Å². The van der Waals surface area contributed by atoms with Crippen molar-refractivity contribution in [1.29, 1.82) is 0 Å². The predicted octanol–water partition coefficient (Wildman–Crippen LogP) is 2.41. The number of hydrogen-bond acceptors (Lipinski definition) is 3. The van der Waals surface area contributed by atoms with Gasteiger partial charge in [-0.25, -0.2) is 0 Å². The summed E-state index contributed by atoms with van der Waals surface area (Å²) in [7, 11) is -1.49. The van der Waals surface area contributed by atoms with Crippen LogP contribution in [0.2, 0.25) is 19.6 Å². The number of nitro groups is 1. The largest absolute Gasteiger partial charge is 0.398 e. The Labute approximate surface area is 95.6 Å². The zero-order valence-corrected chi connectivity index (χ0v) is 10.6. The van der Waals surface area contributed by atoms with Crippen molar-refractivity contribution >= 4 is 19.4 Å².